The van der Waals surface area contributed by atoms with E-state index in [2.05, 4.69) is 14.8 Å². The molecule has 0 aliphatic carbocycles. The fourth-order valence-electron chi connectivity index (χ4n) is 11.3. The predicted octanol–water partition coefficient (Wildman–Crippen LogP) is 8.65. The zero-order valence-corrected chi connectivity index (χ0v) is 44.1. The molecule has 0 bridgehead atoms. The fourth-order valence-corrected chi connectivity index (χ4v) is 11.6. The number of nitrogens with zero attached hydrogens (tertiary/aromatic N) is 6. The Bertz CT molecular complexity index is 3170. The molecule has 74 heavy (non-hydrogen) atoms. The van der Waals surface area contributed by atoms with Gasteiger partial charge in [-0.3, -0.25) is 29.2 Å². The van der Waals surface area contributed by atoms with Crippen LogP contribution in [0.2, 0.25) is 5.02 Å². The number of esters is 1. The van der Waals surface area contributed by atoms with E-state index >= 15 is 0 Å². The van der Waals surface area contributed by atoms with Crippen molar-refractivity contribution in [2.45, 2.75) is 105 Å². The lowest BCUT2D eigenvalue weighted by Crippen LogP contribution is -2.64. The average molecular weight is 1030 g/mol. The molecule has 390 valence electrons. The SMILES string of the molecule is Cc1cccc(OCC(=O)N2CCCC3(CN(CCn4c(C(=O)OC(C)(C)C)c(CCCOc5cccc6cc(F)ccc56)c5ccc(Cl)c(-c6c(C)nn(C)c6C)c54)C3)C2)c1CN(C=O)C1CCC(=O)NC1=O. The number of benzene rings is 4. The predicted molar refractivity (Wildman–Crippen MR) is 281 cm³/mol. The molecule has 3 fully saturated rings. The highest BCUT2D eigenvalue weighted by atomic mass is 35.5. The highest BCUT2D eigenvalue weighted by Crippen LogP contribution is 2.44. The Labute approximate surface area is 435 Å². The van der Waals surface area contributed by atoms with Crippen molar-refractivity contribution >= 4 is 63.4 Å². The largest absolute Gasteiger partial charge is 0.493 e. The van der Waals surface area contributed by atoms with Gasteiger partial charge >= 0.3 is 5.97 Å². The summed E-state index contributed by atoms with van der Waals surface area (Å²) in [7, 11) is 1.91. The van der Waals surface area contributed by atoms with Crippen molar-refractivity contribution in [3.05, 3.63) is 111 Å². The second-order valence-corrected chi connectivity index (χ2v) is 21.7. The molecule has 2 aromatic heterocycles. The summed E-state index contributed by atoms with van der Waals surface area (Å²) in [6, 6.07) is 18.8. The molecule has 3 saturated heterocycles. The Kier molecular flexibility index (Phi) is 14.9. The maximum absolute atomic E-state index is 14.7. The van der Waals surface area contributed by atoms with Crippen LogP contribution in [0.25, 0.3) is 32.8 Å². The number of hydrogen-bond donors (Lipinski definition) is 1. The summed E-state index contributed by atoms with van der Waals surface area (Å²) in [6.45, 7) is 15.5. The smallest absolute Gasteiger partial charge is 0.355 e. The summed E-state index contributed by atoms with van der Waals surface area (Å²) >= 11 is 7.24. The van der Waals surface area contributed by atoms with E-state index in [-0.39, 0.29) is 49.0 Å². The second kappa shape index (κ2) is 21.2. The fraction of sp³-hybridized carbons (Fsp3) is 0.439. The molecule has 1 N–H and O–H groups in total. The first-order chi connectivity index (χ1) is 35.3. The van der Waals surface area contributed by atoms with Crippen LogP contribution in [-0.2, 0) is 50.5 Å². The first-order valence-corrected chi connectivity index (χ1v) is 25.9. The molecular weight excluding hydrogens is 965 g/mol. The Hall–Kier alpha value is -6.78. The number of amides is 4. The van der Waals surface area contributed by atoms with E-state index in [1.807, 2.05) is 101 Å². The van der Waals surface area contributed by atoms with Gasteiger partial charge in [0.15, 0.2) is 6.61 Å². The van der Waals surface area contributed by atoms with Crippen LogP contribution in [0.15, 0.2) is 66.7 Å². The van der Waals surface area contributed by atoms with Gasteiger partial charge in [-0.1, -0.05) is 41.9 Å². The number of piperidine rings is 2. The molecule has 0 radical (unpaired) electrons. The number of nitrogens with one attached hydrogen (secondary N) is 1. The number of ether oxygens (including phenoxy) is 3. The van der Waals surface area contributed by atoms with Crippen LogP contribution in [0.1, 0.15) is 91.4 Å². The Morgan fingerprint density at radius 3 is 2.43 bits per heavy atom. The first-order valence-electron chi connectivity index (χ1n) is 25.5. The van der Waals surface area contributed by atoms with Gasteiger partial charge in [-0.2, -0.15) is 5.10 Å². The quantitative estimate of drug-likeness (QED) is 0.0406. The molecule has 1 atom stereocenters. The maximum atomic E-state index is 14.7. The van der Waals surface area contributed by atoms with Gasteiger partial charge < -0.3 is 33.5 Å². The van der Waals surface area contributed by atoms with Crippen molar-refractivity contribution < 1.29 is 42.6 Å². The van der Waals surface area contributed by atoms with Gasteiger partial charge in [-0.05, 0) is 127 Å². The molecule has 4 amide bonds. The van der Waals surface area contributed by atoms with Crippen LogP contribution in [-0.4, -0.2) is 117 Å². The lowest BCUT2D eigenvalue weighted by Gasteiger charge is -2.54. The van der Waals surface area contributed by atoms with Crippen molar-refractivity contribution in [1.82, 2.24) is 34.4 Å². The van der Waals surface area contributed by atoms with E-state index in [9.17, 15) is 28.4 Å². The van der Waals surface area contributed by atoms with Crippen LogP contribution in [0.3, 0.4) is 0 Å². The number of aryl methyl sites for hydroxylation is 4. The van der Waals surface area contributed by atoms with Gasteiger partial charge in [0.2, 0.25) is 18.2 Å². The number of likely N-dealkylation sites (tertiary alicyclic amines) is 2. The molecule has 3 aliphatic heterocycles. The van der Waals surface area contributed by atoms with E-state index in [1.165, 1.54) is 17.0 Å². The number of imide groups is 1. The Morgan fingerprint density at radius 1 is 0.946 bits per heavy atom. The maximum Gasteiger partial charge on any atom is 0.355 e. The normalized spacial score (nSPS) is 16.9. The van der Waals surface area contributed by atoms with Gasteiger partial charge in [0, 0.05) is 91.3 Å². The van der Waals surface area contributed by atoms with Crippen LogP contribution in [0, 0.1) is 32.0 Å². The summed E-state index contributed by atoms with van der Waals surface area (Å²) in [5.74, 6) is -0.637. The summed E-state index contributed by atoms with van der Waals surface area (Å²) in [6.07, 6.45) is 3.86. The zero-order valence-electron chi connectivity index (χ0n) is 43.3. The number of halogens is 2. The number of carbonyl (C=O) groups is 5. The third kappa shape index (κ3) is 10.7. The molecule has 3 aliphatic rings. The second-order valence-electron chi connectivity index (χ2n) is 21.3. The highest BCUT2D eigenvalue weighted by molar-refractivity contribution is 6.35. The lowest BCUT2D eigenvalue weighted by atomic mass is 9.73. The van der Waals surface area contributed by atoms with E-state index in [0.29, 0.717) is 79.8 Å². The molecule has 1 spiro atoms. The van der Waals surface area contributed by atoms with Crippen molar-refractivity contribution in [2.24, 2.45) is 12.5 Å². The van der Waals surface area contributed by atoms with E-state index in [4.69, 9.17) is 30.9 Å². The van der Waals surface area contributed by atoms with Crippen molar-refractivity contribution in [2.75, 3.05) is 45.9 Å². The topological polar surface area (TPSA) is 158 Å². The summed E-state index contributed by atoms with van der Waals surface area (Å²) in [4.78, 5) is 70.9. The minimum Gasteiger partial charge on any atom is -0.493 e. The summed E-state index contributed by atoms with van der Waals surface area (Å²) in [5.41, 5.74) is 6.25. The molecule has 5 heterocycles. The minimum absolute atomic E-state index is 0.0809. The molecular formula is C57H65ClFN7O8. The number of hydrogen-bond acceptors (Lipinski definition) is 10. The third-order valence-corrected chi connectivity index (χ3v) is 15.2. The first kappa shape index (κ1) is 52.1. The van der Waals surface area contributed by atoms with E-state index in [0.717, 1.165) is 81.2 Å². The van der Waals surface area contributed by atoms with Crippen molar-refractivity contribution in [1.29, 1.82) is 0 Å². The molecule has 9 rings (SSSR count). The van der Waals surface area contributed by atoms with Crippen LogP contribution < -0.4 is 14.8 Å². The highest BCUT2D eigenvalue weighted by Gasteiger charge is 2.46. The molecule has 4 aromatic carbocycles. The molecule has 17 heteroatoms. The van der Waals surface area contributed by atoms with Crippen molar-refractivity contribution in [3.63, 3.8) is 0 Å². The van der Waals surface area contributed by atoms with Gasteiger partial charge in [0.25, 0.3) is 5.91 Å². The van der Waals surface area contributed by atoms with Crippen molar-refractivity contribution in [3.8, 4) is 22.6 Å². The average Bonchev–Trinajstić information content (AvgIpc) is 3.79. The monoisotopic (exact) mass is 1030 g/mol. The van der Waals surface area contributed by atoms with E-state index in [1.54, 1.807) is 12.1 Å². The standard InChI is InChI=1S/C57H65ClFN7O8/c1-35-12-8-15-47(43(35)29-65(34-67)45-21-22-48(68)60-54(45)70)73-30-49(69)64-24-11-23-57(33-64)31-63(32-57)25-26-66-52-42(19-20-44(58)51(52)50-36(2)61-62(7)37(50)3)41(53(66)55(71)74-56(4,5)6)14-10-27-72-46-16-9-13-38-28-39(59)17-18-40(38)46/h8-9,12-13,15-20,28,34,45H,10-11,14,21-27,29-33H2,1-7H3,(H,60,68,70). The molecule has 1 unspecified atom stereocenters. The van der Waals surface area contributed by atoms with Gasteiger partial charge in [0.05, 0.1) is 29.4 Å². The number of aromatic nitrogens is 3. The summed E-state index contributed by atoms with van der Waals surface area (Å²) < 4.78 is 36.8. The number of rotatable bonds is 17. The van der Waals surface area contributed by atoms with Gasteiger partial charge in [0.1, 0.15) is 34.7 Å². The van der Waals surface area contributed by atoms with Crippen LogP contribution in [0.4, 0.5) is 4.39 Å². The van der Waals surface area contributed by atoms with E-state index < -0.39 is 23.5 Å². The molecule has 0 saturated carbocycles. The van der Waals surface area contributed by atoms with Crippen LogP contribution >= 0.6 is 11.6 Å². The molecule has 15 nitrogen and oxygen atoms in total. The van der Waals surface area contributed by atoms with Crippen LogP contribution in [0.5, 0.6) is 11.5 Å². The summed E-state index contributed by atoms with van der Waals surface area (Å²) in [5, 5.41) is 10.1. The third-order valence-electron chi connectivity index (χ3n) is 14.8. The lowest BCUT2D eigenvalue weighted by molar-refractivity contribution is -0.141. The Morgan fingerprint density at radius 2 is 1.70 bits per heavy atom. The molecule has 6 aromatic rings. The van der Waals surface area contributed by atoms with Gasteiger partial charge in [-0.25, -0.2) is 9.18 Å². The number of fused-ring (bicyclic) bond motifs is 2. The minimum atomic E-state index is -0.788. The van der Waals surface area contributed by atoms with Gasteiger partial charge in [-0.15, -0.1) is 0 Å². The Balaban J connectivity index is 0.934. The number of carbonyl (C=O) groups excluding carboxylic acids is 5. The zero-order chi connectivity index (χ0) is 52.6.